The van der Waals surface area contributed by atoms with E-state index in [0.29, 0.717) is 17.4 Å². The lowest BCUT2D eigenvalue weighted by Crippen LogP contribution is -2.36. The molecule has 1 fully saturated rings. The van der Waals surface area contributed by atoms with Crippen LogP contribution in [0.5, 0.6) is 5.75 Å². The second-order valence-corrected chi connectivity index (χ2v) is 5.88. The first-order valence-electron chi connectivity index (χ1n) is 7.71. The van der Waals surface area contributed by atoms with Crippen LogP contribution in [-0.2, 0) is 0 Å². The van der Waals surface area contributed by atoms with E-state index in [0.717, 1.165) is 24.4 Å². The Bertz CT molecular complexity index is 493. The Labute approximate surface area is 126 Å². The Hall–Kier alpha value is -1.71. The van der Waals surface area contributed by atoms with Gasteiger partial charge in [-0.25, -0.2) is 4.79 Å². The van der Waals surface area contributed by atoms with Gasteiger partial charge in [0.05, 0.1) is 18.4 Å². The van der Waals surface area contributed by atoms with Gasteiger partial charge in [0.15, 0.2) is 0 Å². The molecule has 0 spiro atoms. The predicted octanol–water partition coefficient (Wildman–Crippen LogP) is 3.80. The number of carboxylic acid groups (broad SMARTS) is 1. The number of anilines is 1. The summed E-state index contributed by atoms with van der Waals surface area (Å²) in [5.74, 6) is 0.643. The van der Waals surface area contributed by atoms with E-state index in [9.17, 15) is 9.90 Å². The molecular weight excluding hydrogens is 266 g/mol. The molecule has 0 amide bonds. The van der Waals surface area contributed by atoms with Crippen LogP contribution in [0.2, 0.25) is 0 Å². The van der Waals surface area contributed by atoms with Gasteiger partial charge in [-0.3, -0.25) is 0 Å². The maximum atomic E-state index is 11.4. The summed E-state index contributed by atoms with van der Waals surface area (Å²) in [6.45, 7) is 2.25. The maximum absolute atomic E-state index is 11.4. The Morgan fingerprint density at radius 1 is 1.33 bits per heavy atom. The van der Waals surface area contributed by atoms with Gasteiger partial charge in [-0.1, -0.05) is 13.3 Å². The summed E-state index contributed by atoms with van der Waals surface area (Å²) in [5, 5.41) is 9.39. The van der Waals surface area contributed by atoms with Crippen molar-refractivity contribution in [3.63, 3.8) is 0 Å². The van der Waals surface area contributed by atoms with E-state index < -0.39 is 5.97 Å². The summed E-state index contributed by atoms with van der Waals surface area (Å²) < 4.78 is 5.24. The Kier molecular flexibility index (Phi) is 5.10. The molecule has 1 aliphatic rings. The second kappa shape index (κ2) is 6.83. The van der Waals surface area contributed by atoms with Gasteiger partial charge in [0.1, 0.15) is 5.75 Å². The Balaban J connectivity index is 2.21. The van der Waals surface area contributed by atoms with Gasteiger partial charge >= 0.3 is 5.97 Å². The Morgan fingerprint density at radius 3 is 2.52 bits per heavy atom. The van der Waals surface area contributed by atoms with Crippen LogP contribution in [0.1, 0.15) is 49.4 Å². The van der Waals surface area contributed by atoms with Gasteiger partial charge in [0.2, 0.25) is 0 Å². The number of carboxylic acids is 1. The van der Waals surface area contributed by atoms with Crippen LogP contribution < -0.4 is 9.64 Å². The topological polar surface area (TPSA) is 49.8 Å². The molecule has 0 radical (unpaired) electrons. The van der Waals surface area contributed by atoms with Crippen molar-refractivity contribution >= 4 is 11.7 Å². The number of nitrogens with zero attached hydrogens (tertiary/aromatic N) is 1. The number of methoxy groups -OCH3 is 1. The van der Waals surface area contributed by atoms with Crippen molar-refractivity contribution in [3.8, 4) is 5.75 Å². The lowest BCUT2D eigenvalue weighted by molar-refractivity contribution is 0.0697. The van der Waals surface area contributed by atoms with Gasteiger partial charge in [-0.2, -0.15) is 0 Å². The summed E-state index contributed by atoms with van der Waals surface area (Å²) in [6, 6.07) is 5.58. The molecule has 116 valence electrons. The van der Waals surface area contributed by atoms with Gasteiger partial charge in [-0.05, 0) is 43.7 Å². The number of ether oxygens (including phenoxy) is 1. The summed E-state index contributed by atoms with van der Waals surface area (Å²) in [4.78, 5) is 13.6. The highest BCUT2D eigenvalue weighted by atomic mass is 16.5. The van der Waals surface area contributed by atoms with E-state index in [4.69, 9.17) is 4.74 Å². The lowest BCUT2D eigenvalue weighted by atomic mass is 9.84. The SMILES string of the molecule is CCC1CCC(N(C)c2cc(OC)ccc2C(=O)O)CC1. The quantitative estimate of drug-likeness (QED) is 0.896. The zero-order chi connectivity index (χ0) is 15.4. The van der Waals surface area contributed by atoms with Crippen LogP contribution in [0.15, 0.2) is 18.2 Å². The van der Waals surface area contributed by atoms with Crippen LogP contribution in [0.3, 0.4) is 0 Å². The fourth-order valence-corrected chi connectivity index (χ4v) is 3.25. The minimum absolute atomic E-state index is 0.343. The fraction of sp³-hybridized carbons (Fsp3) is 0.588. The third kappa shape index (κ3) is 3.49. The molecule has 0 bridgehead atoms. The molecule has 0 aromatic heterocycles. The minimum atomic E-state index is -0.887. The van der Waals surface area contributed by atoms with Crippen LogP contribution in [-0.4, -0.2) is 31.3 Å². The van der Waals surface area contributed by atoms with E-state index in [1.54, 1.807) is 19.2 Å². The van der Waals surface area contributed by atoms with Crippen molar-refractivity contribution in [2.45, 2.75) is 45.1 Å². The van der Waals surface area contributed by atoms with Gasteiger partial charge in [-0.15, -0.1) is 0 Å². The first kappa shape index (κ1) is 15.7. The first-order chi connectivity index (χ1) is 10.1. The lowest BCUT2D eigenvalue weighted by Gasteiger charge is -2.36. The molecule has 1 N–H and O–H groups in total. The molecule has 0 heterocycles. The zero-order valence-electron chi connectivity index (χ0n) is 13.1. The average molecular weight is 291 g/mol. The highest BCUT2D eigenvalue weighted by Crippen LogP contribution is 2.34. The van der Waals surface area contributed by atoms with Crippen LogP contribution in [0, 0.1) is 5.92 Å². The van der Waals surface area contributed by atoms with E-state index >= 15 is 0 Å². The summed E-state index contributed by atoms with van der Waals surface area (Å²) in [6.07, 6.45) is 5.97. The maximum Gasteiger partial charge on any atom is 0.337 e. The van der Waals surface area contributed by atoms with Crippen molar-refractivity contribution in [3.05, 3.63) is 23.8 Å². The molecule has 1 aliphatic carbocycles. The average Bonchev–Trinajstić information content (AvgIpc) is 2.53. The van der Waals surface area contributed by atoms with Gasteiger partial charge < -0.3 is 14.7 Å². The minimum Gasteiger partial charge on any atom is -0.497 e. The molecule has 0 saturated heterocycles. The molecule has 2 rings (SSSR count). The van der Waals surface area contributed by atoms with Crippen molar-refractivity contribution in [2.75, 3.05) is 19.1 Å². The molecular formula is C17H25NO3. The highest BCUT2D eigenvalue weighted by Gasteiger charge is 2.25. The van der Waals surface area contributed by atoms with E-state index in [-0.39, 0.29) is 0 Å². The predicted molar refractivity (Wildman–Crippen MR) is 84.4 cm³/mol. The highest BCUT2D eigenvalue weighted by molar-refractivity contribution is 5.94. The summed E-state index contributed by atoms with van der Waals surface area (Å²) in [5.41, 5.74) is 1.10. The third-order valence-corrected chi connectivity index (χ3v) is 4.76. The van der Waals surface area contributed by atoms with Crippen molar-refractivity contribution < 1.29 is 14.6 Å². The number of rotatable bonds is 5. The Morgan fingerprint density at radius 2 is 2.00 bits per heavy atom. The molecule has 0 atom stereocenters. The standard InChI is InChI=1S/C17H25NO3/c1-4-12-5-7-13(8-6-12)18(2)16-11-14(21-3)9-10-15(16)17(19)20/h9-13H,4-8H2,1-3H3,(H,19,20). The molecule has 1 aromatic carbocycles. The van der Waals surface area contributed by atoms with Crippen molar-refractivity contribution in [1.29, 1.82) is 0 Å². The van der Waals surface area contributed by atoms with E-state index in [1.165, 1.54) is 19.3 Å². The van der Waals surface area contributed by atoms with Crippen LogP contribution in [0.25, 0.3) is 0 Å². The molecule has 21 heavy (non-hydrogen) atoms. The number of carbonyl (C=O) groups is 1. The van der Waals surface area contributed by atoms with Crippen molar-refractivity contribution in [2.24, 2.45) is 5.92 Å². The van der Waals surface area contributed by atoms with E-state index in [2.05, 4.69) is 11.8 Å². The molecule has 1 saturated carbocycles. The first-order valence-corrected chi connectivity index (χ1v) is 7.71. The van der Waals surface area contributed by atoms with Gasteiger partial charge in [0, 0.05) is 19.2 Å². The van der Waals surface area contributed by atoms with E-state index in [1.807, 2.05) is 13.1 Å². The number of benzene rings is 1. The normalized spacial score (nSPS) is 21.9. The molecule has 0 aliphatic heterocycles. The molecule has 1 aromatic rings. The number of hydrogen-bond donors (Lipinski definition) is 1. The number of hydrogen-bond acceptors (Lipinski definition) is 3. The monoisotopic (exact) mass is 291 g/mol. The fourth-order valence-electron chi connectivity index (χ4n) is 3.25. The molecule has 0 unspecified atom stereocenters. The number of aromatic carboxylic acids is 1. The molecule has 4 heteroatoms. The largest absolute Gasteiger partial charge is 0.497 e. The molecule has 4 nitrogen and oxygen atoms in total. The summed E-state index contributed by atoms with van der Waals surface area (Å²) in [7, 11) is 3.60. The smallest absolute Gasteiger partial charge is 0.337 e. The van der Waals surface area contributed by atoms with Crippen LogP contribution in [0.4, 0.5) is 5.69 Å². The summed E-state index contributed by atoms with van der Waals surface area (Å²) >= 11 is 0. The zero-order valence-corrected chi connectivity index (χ0v) is 13.1. The van der Waals surface area contributed by atoms with Crippen LogP contribution >= 0.6 is 0 Å². The van der Waals surface area contributed by atoms with Crippen molar-refractivity contribution in [1.82, 2.24) is 0 Å². The van der Waals surface area contributed by atoms with Gasteiger partial charge in [0.25, 0.3) is 0 Å². The second-order valence-electron chi connectivity index (χ2n) is 5.88. The third-order valence-electron chi connectivity index (χ3n) is 4.76.